The minimum absolute atomic E-state index is 0.224. The number of anilines is 1. The van der Waals surface area contributed by atoms with Crippen LogP contribution in [0.3, 0.4) is 0 Å². The van der Waals surface area contributed by atoms with E-state index in [1.54, 1.807) is 6.20 Å². The Labute approximate surface area is 197 Å². The summed E-state index contributed by atoms with van der Waals surface area (Å²) in [5.41, 5.74) is 3.18. The number of piperidine rings is 1. The van der Waals surface area contributed by atoms with Crippen molar-refractivity contribution >= 4 is 11.9 Å². The van der Waals surface area contributed by atoms with Crippen LogP contribution >= 0.6 is 0 Å². The molecule has 0 bridgehead atoms. The van der Waals surface area contributed by atoms with E-state index in [2.05, 4.69) is 32.8 Å². The molecule has 4 heterocycles. The normalized spacial score (nSPS) is 23.0. The average Bonchev–Trinajstić information content (AvgIpc) is 2.89. The highest BCUT2D eigenvalue weighted by Gasteiger charge is 2.32. The monoisotopic (exact) mass is 448 g/mol. The van der Waals surface area contributed by atoms with Gasteiger partial charge >= 0.3 is 0 Å². The van der Waals surface area contributed by atoms with Crippen molar-refractivity contribution in [2.75, 3.05) is 51.2 Å². The summed E-state index contributed by atoms with van der Waals surface area (Å²) in [7, 11) is 2.16. The fraction of sp³-hybridized carbons (Fsp3) is 0.615. The molecule has 2 saturated heterocycles. The van der Waals surface area contributed by atoms with Gasteiger partial charge in [-0.3, -0.25) is 9.78 Å². The molecule has 1 unspecified atom stereocenters. The number of pyridine rings is 1. The van der Waals surface area contributed by atoms with Crippen molar-refractivity contribution in [1.29, 1.82) is 0 Å². The number of likely N-dealkylation sites (tertiary alicyclic amines) is 1. The van der Waals surface area contributed by atoms with Crippen LogP contribution in [0.15, 0.2) is 30.7 Å². The standard InChI is InChI=1S/C26H36N6O/c1-30-13-15-31(16-14-30)26-28-18-23(21-9-5-11-27-17-21)24(29-26)22-10-6-12-32(19-22)25(33)20-7-3-2-4-8-20/h5,9,11,17-18,20,22H,2-4,6-8,10,12-16,19H2,1H3. The van der Waals surface area contributed by atoms with Crippen LogP contribution in [-0.2, 0) is 4.79 Å². The summed E-state index contributed by atoms with van der Waals surface area (Å²) in [6, 6.07) is 4.05. The first-order chi connectivity index (χ1) is 16.2. The first-order valence-electron chi connectivity index (χ1n) is 12.7. The van der Waals surface area contributed by atoms with Gasteiger partial charge in [-0.25, -0.2) is 9.97 Å². The number of rotatable bonds is 4. The van der Waals surface area contributed by atoms with Crippen LogP contribution in [0.25, 0.3) is 11.1 Å². The molecule has 0 aromatic carbocycles. The molecule has 3 aliphatic rings. The first-order valence-corrected chi connectivity index (χ1v) is 12.7. The van der Waals surface area contributed by atoms with Crippen molar-refractivity contribution < 1.29 is 4.79 Å². The molecule has 3 fully saturated rings. The Hall–Kier alpha value is -2.54. The summed E-state index contributed by atoms with van der Waals surface area (Å²) < 4.78 is 0. The predicted octanol–water partition coefficient (Wildman–Crippen LogP) is 3.58. The van der Waals surface area contributed by atoms with Crippen LogP contribution in [0.1, 0.15) is 56.6 Å². The third-order valence-electron chi connectivity index (χ3n) is 7.64. The molecule has 0 spiro atoms. The van der Waals surface area contributed by atoms with Gasteiger partial charge in [0.25, 0.3) is 0 Å². The van der Waals surface area contributed by atoms with E-state index in [1.807, 2.05) is 18.5 Å². The molecule has 1 amide bonds. The molecule has 1 saturated carbocycles. The lowest BCUT2D eigenvalue weighted by atomic mass is 9.86. The summed E-state index contributed by atoms with van der Waals surface area (Å²) in [5, 5.41) is 0. The van der Waals surface area contributed by atoms with E-state index >= 15 is 0 Å². The van der Waals surface area contributed by atoms with Crippen molar-refractivity contribution in [3.05, 3.63) is 36.4 Å². The van der Waals surface area contributed by atoms with E-state index in [9.17, 15) is 4.79 Å². The molecule has 0 radical (unpaired) electrons. The SMILES string of the molecule is CN1CCN(c2ncc(-c3cccnc3)c(C3CCCN(C(=O)C4CCCCC4)C3)n2)CC1. The minimum Gasteiger partial charge on any atom is -0.342 e. The second-order valence-corrected chi connectivity index (χ2v) is 9.96. The number of nitrogens with zero attached hydrogens (tertiary/aromatic N) is 6. The second-order valence-electron chi connectivity index (χ2n) is 9.96. The lowest BCUT2D eigenvalue weighted by Crippen LogP contribution is -2.45. The number of carbonyl (C=O) groups excluding carboxylic acids is 1. The highest BCUT2D eigenvalue weighted by molar-refractivity contribution is 5.79. The van der Waals surface area contributed by atoms with Gasteiger partial charge in [0.1, 0.15) is 0 Å². The van der Waals surface area contributed by atoms with E-state index in [-0.39, 0.29) is 11.8 Å². The third kappa shape index (κ3) is 5.03. The molecule has 1 atom stereocenters. The number of amides is 1. The fourth-order valence-corrected chi connectivity index (χ4v) is 5.61. The van der Waals surface area contributed by atoms with Crippen molar-refractivity contribution in [3.8, 4) is 11.1 Å². The quantitative estimate of drug-likeness (QED) is 0.712. The fourth-order valence-electron chi connectivity index (χ4n) is 5.61. The molecular weight excluding hydrogens is 412 g/mol. The topological polar surface area (TPSA) is 65.5 Å². The smallest absolute Gasteiger partial charge is 0.225 e. The lowest BCUT2D eigenvalue weighted by molar-refractivity contribution is -0.137. The molecular formula is C26H36N6O. The van der Waals surface area contributed by atoms with Crippen molar-refractivity contribution in [1.82, 2.24) is 24.8 Å². The highest BCUT2D eigenvalue weighted by atomic mass is 16.2. The van der Waals surface area contributed by atoms with Crippen LogP contribution in [-0.4, -0.2) is 77.0 Å². The van der Waals surface area contributed by atoms with Gasteiger partial charge < -0.3 is 14.7 Å². The summed E-state index contributed by atoms with van der Waals surface area (Å²) in [5.74, 6) is 1.65. The molecule has 0 N–H and O–H groups in total. The Morgan fingerprint density at radius 2 is 1.79 bits per heavy atom. The van der Waals surface area contributed by atoms with Gasteiger partial charge in [-0.15, -0.1) is 0 Å². The average molecular weight is 449 g/mol. The largest absolute Gasteiger partial charge is 0.342 e. The Morgan fingerprint density at radius 1 is 0.970 bits per heavy atom. The Morgan fingerprint density at radius 3 is 2.55 bits per heavy atom. The molecule has 2 aliphatic heterocycles. The maximum Gasteiger partial charge on any atom is 0.225 e. The van der Waals surface area contributed by atoms with E-state index in [1.165, 1.54) is 19.3 Å². The lowest BCUT2D eigenvalue weighted by Gasteiger charge is -2.37. The zero-order valence-electron chi connectivity index (χ0n) is 19.8. The van der Waals surface area contributed by atoms with Crippen LogP contribution in [0.5, 0.6) is 0 Å². The van der Waals surface area contributed by atoms with Crippen molar-refractivity contribution in [2.45, 2.75) is 50.9 Å². The zero-order valence-corrected chi connectivity index (χ0v) is 19.8. The molecule has 2 aromatic rings. The number of likely N-dealkylation sites (N-methyl/N-ethyl adjacent to an activating group) is 1. The number of hydrogen-bond acceptors (Lipinski definition) is 6. The Bertz CT molecular complexity index is 937. The number of piperazine rings is 1. The van der Waals surface area contributed by atoms with Crippen LogP contribution in [0.4, 0.5) is 5.95 Å². The van der Waals surface area contributed by atoms with Crippen molar-refractivity contribution in [3.63, 3.8) is 0 Å². The van der Waals surface area contributed by atoms with Crippen LogP contribution in [0.2, 0.25) is 0 Å². The predicted molar refractivity (Wildman–Crippen MR) is 130 cm³/mol. The number of carbonyl (C=O) groups is 1. The van der Waals surface area contributed by atoms with Crippen LogP contribution < -0.4 is 4.90 Å². The van der Waals surface area contributed by atoms with Gasteiger partial charge in [0.2, 0.25) is 11.9 Å². The summed E-state index contributed by atoms with van der Waals surface area (Å²) in [6.07, 6.45) is 13.5. The maximum absolute atomic E-state index is 13.3. The maximum atomic E-state index is 13.3. The molecule has 176 valence electrons. The summed E-state index contributed by atoms with van der Waals surface area (Å²) >= 11 is 0. The summed E-state index contributed by atoms with van der Waals surface area (Å²) in [4.78, 5) is 34.3. The Balaban J connectivity index is 1.42. The highest BCUT2D eigenvalue weighted by Crippen LogP contribution is 2.35. The van der Waals surface area contributed by atoms with Gasteiger partial charge in [0.15, 0.2) is 0 Å². The van der Waals surface area contributed by atoms with E-state index < -0.39 is 0 Å². The van der Waals surface area contributed by atoms with E-state index in [4.69, 9.17) is 9.97 Å². The molecule has 7 nitrogen and oxygen atoms in total. The second kappa shape index (κ2) is 10.2. The van der Waals surface area contributed by atoms with Crippen molar-refractivity contribution in [2.24, 2.45) is 5.92 Å². The Kier molecular flexibility index (Phi) is 6.85. The van der Waals surface area contributed by atoms with E-state index in [0.717, 1.165) is 87.7 Å². The number of aromatic nitrogens is 3. The first kappa shape index (κ1) is 22.3. The van der Waals surface area contributed by atoms with Gasteiger partial charge in [-0.05, 0) is 38.8 Å². The molecule has 5 rings (SSSR count). The molecule has 7 heteroatoms. The number of hydrogen-bond donors (Lipinski definition) is 0. The molecule has 2 aromatic heterocycles. The molecule has 33 heavy (non-hydrogen) atoms. The zero-order chi connectivity index (χ0) is 22.6. The van der Waals surface area contributed by atoms with Gasteiger partial charge in [-0.1, -0.05) is 25.3 Å². The van der Waals surface area contributed by atoms with Gasteiger partial charge in [0.05, 0.1) is 5.69 Å². The van der Waals surface area contributed by atoms with Crippen LogP contribution in [0, 0.1) is 5.92 Å². The summed E-state index contributed by atoms with van der Waals surface area (Å²) in [6.45, 7) is 5.58. The van der Waals surface area contributed by atoms with Gasteiger partial charge in [-0.2, -0.15) is 0 Å². The molecule has 1 aliphatic carbocycles. The van der Waals surface area contributed by atoms with Gasteiger partial charge in [0, 0.05) is 80.8 Å². The van der Waals surface area contributed by atoms with E-state index in [0.29, 0.717) is 5.91 Å². The third-order valence-corrected chi connectivity index (χ3v) is 7.64. The minimum atomic E-state index is 0.224.